The molecule has 2 fully saturated rings. The molecule has 0 amide bonds. The van der Waals surface area contributed by atoms with Crippen LogP contribution in [0.2, 0.25) is 0 Å². The van der Waals surface area contributed by atoms with Crippen LogP contribution in [0.5, 0.6) is 0 Å². The highest BCUT2D eigenvalue weighted by molar-refractivity contribution is 5.91. The van der Waals surface area contributed by atoms with E-state index in [9.17, 15) is 50.8 Å². The Morgan fingerprint density at radius 2 is 1.46 bits per heavy atom. The lowest BCUT2D eigenvalue weighted by atomic mass is 9.79. The fourth-order valence-corrected chi connectivity index (χ4v) is 5.13. The van der Waals surface area contributed by atoms with E-state index in [4.69, 9.17) is 28.4 Å². The van der Waals surface area contributed by atoms with Gasteiger partial charge in [-0.25, -0.2) is 4.79 Å². The summed E-state index contributed by atoms with van der Waals surface area (Å²) in [6.45, 7) is -1.78. The number of hydrogen-bond acceptors (Lipinski definition) is 16. The number of carbonyl (C=O) groups excluding carboxylic acids is 1. The Hall–Kier alpha value is -1.77. The van der Waals surface area contributed by atoms with E-state index in [0.717, 1.165) is 13.4 Å². The second-order valence-electron chi connectivity index (χ2n) is 9.75. The highest BCUT2D eigenvalue weighted by Crippen LogP contribution is 2.48. The zero-order valence-corrected chi connectivity index (χ0v) is 20.8. The van der Waals surface area contributed by atoms with Crippen LogP contribution in [0.4, 0.5) is 0 Å². The highest BCUT2D eigenvalue weighted by Gasteiger charge is 2.57. The quantitative estimate of drug-likeness (QED) is 0.0982. The minimum absolute atomic E-state index is 0.149. The number of esters is 1. The Labute approximate surface area is 221 Å². The monoisotopic (exact) mass is 566 g/mol. The number of ether oxygens (including phenoxy) is 6. The molecule has 0 aromatic heterocycles. The van der Waals surface area contributed by atoms with Gasteiger partial charge in [0.15, 0.2) is 12.6 Å². The topological polar surface area (TPSA) is 255 Å². The van der Waals surface area contributed by atoms with Crippen LogP contribution < -0.4 is 0 Å². The van der Waals surface area contributed by atoms with Gasteiger partial charge in [0.2, 0.25) is 6.29 Å². The third-order valence-electron chi connectivity index (χ3n) is 7.43. The van der Waals surface area contributed by atoms with Gasteiger partial charge in [-0.15, -0.1) is 0 Å². The summed E-state index contributed by atoms with van der Waals surface area (Å²) in [5.41, 5.74) is -1.96. The van der Waals surface area contributed by atoms with E-state index >= 15 is 0 Å². The Kier molecular flexibility index (Phi) is 9.29. The highest BCUT2D eigenvalue weighted by atomic mass is 16.8. The third-order valence-corrected chi connectivity index (χ3v) is 7.43. The van der Waals surface area contributed by atoms with Crippen LogP contribution in [0.15, 0.2) is 23.5 Å². The number of hydrogen-bond donors (Lipinski definition) is 9. The van der Waals surface area contributed by atoms with Gasteiger partial charge in [-0.3, -0.25) is 0 Å². The summed E-state index contributed by atoms with van der Waals surface area (Å²) in [4.78, 5) is 12.4. The standard InChI is InChI=1S/C23H34O16/c1-34-19(32)9-7-36-20(39-22-18(31)16(29)14(27)11(5-25)38-22)12-8(2-3-23(9,12)33)6-35-21-17(30)15(28)13(26)10(4-24)37-21/h2,7,10-18,20-22,24-31,33H,3-6H2,1H3/t10-,11-,12+,13-,14-,15+,16+,17-,18-,20+,21-,22+,23+/m1/s1. The molecule has 1 aliphatic carbocycles. The van der Waals surface area contributed by atoms with Gasteiger partial charge in [-0.1, -0.05) is 6.08 Å². The van der Waals surface area contributed by atoms with Gasteiger partial charge in [0.25, 0.3) is 0 Å². The molecule has 0 unspecified atom stereocenters. The van der Waals surface area contributed by atoms with Gasteiger partial charge in [0, 0.05) is 0 Å². The van der Waals surface area contributed by atoms with Crippen LogP contribution >= 0.6 is 0 Å². The summed E-state index contributed by atoms with van der Waals surface area (Å²) < 4.78 is 32.4. The van der Waals surface area contributed by atoms with E-state index in [0.29, 0.717) is 0 Å². The van der Waals surface area contributed by atoms with Crippen LogP contribution in [-0.4, -0.2) is 152 Å². The van der Waals surface area contributed by atoms with Crippen molar-refractivity contribution < 1.29 is 79.2 Å². The van der Waals surface area contributed by atoms with Crippen LogP contribution in [0.3, 0.4) is 0 Å². The average Bonchev–Trinajstić information content (AvgIpc) is 3.28. The van der Waals surface area contributed by atoms with Gasteiger partial charge in [-0.2, -0.15) is 0 Å². The lowest BCUT2D eigenvalue weighted by Gasteiger charge is -2.45. The normalized spacial score (nSPS) is 46.1. The molecule has 0 bridgehead atoms. The molecule has 16 nitrogen and oxygen atoms in total. The lowest BCUT2D eigenvalue weighted by Crippen LogP contribution is -2.61. The average molecular weight is 567 g/mol. The van der Waals surface area contributed by atoms with Crippen molar-refractivity contribution in [3.63, 3.8) is 0 Å². The van der Waals surface area contributed by atoms with E-state index < -0.39 is 98.4 Å². The molecule has 3 heterocycles. The van der Waals surface area contributed by atoms with Crippen molar-refractivity contribution in [1.29, 1.82) is 0 Å². The van der Waals surface area contributed by atoms with E-state index in [1.165, 1.54) is 6.08 Å². The minimum atomic E-state index is -1.96. The molecule has 0 radical (unpaired) electrons. The van der Waals surface area contributed by atoms with Gasteiger partial charge in [-0.05, 0) is 12.0 Å². The van der Waals surface area contributed by atoms with Crippen molar-refractivity contribution in [2.75, 3.05) is 26.9 Å². The summed E-state index contributed by atoms with van der Waals surface area (Å²) >= 11 is 0. The number of carbonyl (C=O) groups is 1. The van der Waals surface area contributed by atoms with Crippen molar-refractivity contribution in [3.05, 3.63) is 23.5 Å². The molecule has 222 valence electrons. The molecule has 0 saturated carbocycles. The maximum atomic E-state index is 12.4. The number of aliphatic hydroxyl groups is 9. The molecule has 2 saturated heterocycles. The summed E-state index contributed by atoms with van der Waals surface area (Å²) in [6.07, 6.45) is -15.0. The van der Waals surface area contributed by atoms with Gasteiger partial charge in [0.1, 0.15) is 60.0 Å². The fourth-order valence-electron chi connectivity index (χ4n) is 5.13. The zero-order valence-electron chi connectivity index (χ0n) is 20.8. The van der Waals surface area contributed by atoms with E-state index in [1.54, 1.807) is 0 Å². The van der Waals surface area contributed by atoms with Crippen molar-refractivity contribution in [1.82, 2.24) is 0 Å². The summed E-state index contributed by atoms with van der Waals surface area (Å²) in [6, 6.07) is 0. The zero-order chi connectivity index (χ0) is 28.6. The third kappa shape index (κ3) is 5.45. The maximum Gasteiger partial charge on any atom is 0.339 e. The fraction of sp³-hybridized carbons (Fsp3) is 0.783. The molecule has 16 heteroatoms. The molecular weight excluding hydrogens is 532 g/mol. The van der Waals surface area contributed by atoms with Crippen molar-refractivity contribution in [3.8, 4) is 0 Å². The second kappa shape index (κ2) is 12.0. The predicted molar refractivity (Wildman–Crippen MR) is 121 cm³/mol. The van der Waals surface area contributed by atoms with Crippen molar-refractivity contribution in [2.45, 2.75) is 79.7 Å². The molecule has 0 aromatic rings. The number of aliphatic hydroxyl groups excluding tert-OH is 8. The van der Waals surface area contributed by atoms with Crippen molar-refractivity contribution in [2.24, 2.45) is 5.92 Å². The SMILES string of the molecule is COC(=O)C1=CO[C@@H](O[C@@H]2O[C@H](CO)[C@@H](O)[C@H](O)[C@H]2O)[C@@H]2C(CO[C@@H]3O[C@H](CO)[C@@H](O)[C@H](O)[C@H]3O)=CC[C@]12O. The Bertz CT molecular complexity index is 937. The summed E-state index contributed by atoms with van der Waals surface area (Å²) in [5.74, 6) is -2.12. The molecule has 3 aliphatic heterocycles. The molecule has 4 aliphatic rings. The Morgan fingerprint density at radius 1 is 0.897 bits per heavy atom. The Balaban J connectivity index is 1.56. The molecule has 9 N–H and O–H groups in total. The van der Waals surface area contributed by atoms with Crippen LogP contribution in [0.1, 0.15) is 6.42 Å². The van der Waals surface area contributed by atoms with Gasteiger partial charge >= 0.3 is 5.97 Å². The Morgan fingerprint density at radius 3 is 2.03 bits per heavy atom. The maximum absolute atomic E-state index is 12.4. The largest absolute Gasteiger partial charge is 0.471 e. The van der Waals surface area contributed by atoms with Gasteiger partial charge < -0.3 is 74.4 Å². The van der Waals surface area contributed by atoms with Crippen molar-refractivity contribution >= 4 is 5.97 Å². The first-order valence-electron chi connectivity index (χ1n) is 12.2. The van der Waals surface area contributed by atoms with Crippen LogP contribution in [0, 0.1) is 5.92 Å². The van der Waals surface area contributed by atoms with Gasteiger partial charge in [0.05, 0.1) is 39.1 Å². The molecular formula is C23H34O16. The number of rotatable bonds is 8. The minimum Gasteiger partial charge on any atom is -0.471 e. The summed E-state index contributed by atoms with van der Waals surface area (Å²) in [5, 5.41) is 91.3. The first-order chi connectivity index (χ1) is 18.5. The first kappa shape index (κ1) is 30.2. The smallest absolute Gasteiger partial charge is 0.339 e. The van der Waals surface area contributed by atoms with E-state index in [-0.39, 0.29) is 24.2 Å². The predicted octanol–water partition coefficient (Wildman–Crippen LogP) is -5.29. The number of methoxy groups -OCH3 is 1. The lowest BCUT2D eigenvalue weighted by molar-refractivity contribution is -0.344. The number of fused-ring (bicyclic) bond motifs is 1. The second-order valence-corrected chi connectivity index (χ2v) is 9.75. The first-order valence-corrected chi connectivity index (χ1v) is 12.2. The molecule has 0 spiro atoms. The van der Waals surface area contributed by atoms with Crippen LogP contribution in [0.25, 0.3) is 0 Å². The molecule has 4 rings (SSSR count). The van der Waals surface area contributed by atoms with E-state index in [1.807, 2.05) is 0 Å². The summed E-state index contributed by atoms with van der Waals surface area (Å²) in [7, 11) is 1.10. The van der Waals surface area contributed by atoms with E-state index in [2.05, 4.69) is 0 Å². The van der Waals surface area contributed by atoms with Crippen LogP contribution in [-0.2, 0) is 33.2 Å². The molecule has 0 aromatic carbocycles. The molecule has 13 atom stereocenters. The molecule has 39 heavy (non-hydrogen) atoms.